The van der Waals surface area contributed by atoms with Gasteiger partial charge in [0, 0.05) is 87.4 Å². The summed E-state index contributed by atoms with van der Waals surface area (Å²) in [5, 5.41) is 7.65. The number of hydrogen-bond donors (Lipinski definition) is 2. The lowest BCUT2D eigenvalue weighted by molar-refractivity contribution is -0.140. The summed E-state index contributed by atoms with van der Waals surface area (Å²) in [4.78, 5) is 89.7. The van der Waals surface area contributed by atoms with E-state index in [1.807, 2.05) is 60.7 Å². The summed E-state index contributed by atoms with van der Waals surface area (Å²) in [5.41, 5.74) is 5.06. The van der Waals surface area contributed by atoms with E-state index >= 15 is 0 Å². The molecule has 0 bridgehead atoms. The second kappa shape index (κ2) is 25.5. The van der Waals surface area contributed by atoms with E-state index in [0.29, 0.717) is 49.9 Å². The van der Waals surface area contributed by atoms with Crippen LogP contribution < -0.4 is 10.6 Å². The Morgan fingerprint density at radius 1 is 0.562 bits per heavy atom. The summed E-state index contributed by atoms with van der Waals surface area (Å²) in [6, 6.07) is 27.6. The van der Waals surface area contributed by atoms with E-state index in [9.17, 15) is 28.8 Å². The van der Waals surface area contributed by atoms with E-state index in [1.54, 1.807) is 21.9 Å². The molecule has 4 atom stereocenters. The van der Waals surface area contributed by atoms with Crippen molar-refractivity contribution < 1.29 is 33.5 Å². The van der Waals surface area contributed by atoms with E-state index in [4.69, 9.17) is 4.74 Å². The Kier molecular flexibility index (Phi) is 18.5. The van der Waals surface area contributed by atoms with Gasteiger partial charge in [-0.1, -0.05) is 123 Å². The first-order valence-corrected chi connectivity index (χ1v) is 26.8. The number of unbranched alkanes of at least 4 members (excludes halogenated alkanes) is 7. The van der Waals surface area contributed by atoms with Crippen molar-refractivity contribution in [3.63, 3.8) is 0 Å². The van der Waals surface area contributed by atoms with Crippen LogP contribution in [0.25, 0.3) is 21.8 Å². The van der Waals surface area contributed by atoms with Gasteiger partial charge in [-0.3, -0.25) is 24.0 Å². The lowest BCUT2D eigenvalue weighted by Gasteiger charge is -2.32. The molecule has 4 amide bonds. The van der Waals surface area contributed by atoms with E-state index in [0.717, 1.165) is 71.8 Å². The molecule has 0 radical (unpaired) electrons. The zero-order chi connectivity index (χ0) is 51.3. The van der Waals surface area contributed by atoms with Crippen LogP contribution in [0.4, 0.5) is 4.79 Å². The third-order valence-corrected chi connectivity index (χ3v) is 15.3. The highest BCUT2D eigenvalue weighted by atomic mass is 16.5. The molecule has 0 spiro atoms. The maximum atomic E-state index is 14.3. The largest absolute Gasteiger partial charge is 0.453 e. The molecule has 0 unspecified atom stereocenters. The Morgan fingerprint density at radius 2 is 1.01 bits per heavy atom. The highest BCUT2D eigenvalue weighted by molar-refractivity contribution is 6.09. The third-order valence-electron chi connectivity index (χ3n) is 15.3. The number of methoxy groups -OCH3 is 1. The Balaban J connectivity index is 0.977. The quantitative estimate of drug-likeness (QED) is 0.0615. The molecule has 14 nitrogen and oxygen atoms in total. The first kappa shape index (κ1) is 52.9. The predicted molar refractivity (Wildman–Crippen MR) is 285 cm³/mol. The maximum absolute atomic E-state index is 14.3. The molecule has 388 valence electrons. The number of rotatable bonds is 23. The number of carbonyl (C=O) groups excluding carboxylic acids is 6. The van der Waals surface area contributed by atoms with Gasteiger partial charge in [-0.05, 0) is 86.5 Å². The van der Waals surface area contributed by atoms with Gasteiger partial charge in [0.15, 0.2) is 11.6 Å². The molecular weight excluding hydrogens is 919 g/mol. The number of likely N-dealkylation sites (tertiary alicyclic amines) is 2. The van der Waals surface area contributed by atoms with E-state index in [2.05, 4.69) is 56.3 Å². The van der Waals surface area contributed by atoms with Gasteiger partial charge in [0.25, 0.3) is 5.91 Å². The molecule has 3 fully saturated rings. The number of nitrogens with zero attached hydrogens (tertiary/aromatic N) is 5. The van der Waals surface area contributed by atoms with Crippen molar-refractivity contribution >= 4 is 57.2 Å². The second-order valence-electron chi connectivity index (χ2n) is 20.5. The molecule has 0 saturated carbocycles. The average molecular weight is 994 g/mol. The number of nitrogens with one attached hydrogen (secondary N) is 2. The minimum absolute atomic E-state index is 0.0294. The van der Waals surface area contributed by atoms with Gasteiger partial charge >= 0.3 is 6.09 Å². The normalized spacial score (nSPS) is 18.2. The van der Waals surface area contributed by atoms with Crippen LogP contribution >= 0.6 is 0 Å². The lowest BCUT2D eigenvalue weighted by atomic mass is 9.98. The van der Waals surface area contributed by atoms with Crippen LogP contribution in [0.2, 0.25) is 0 Å². The van der Waals surface area contributed by atoms with Gasteiger partial charge in [-0.2, -0.15) is 0 Å². The second-order valence-corrected chi connectivity index (χ2v) is 20.5. The van der Waals surface area contributed by atoms with Crippen molar-refractivity contribution in [1.29, 1.82) is 0 Å². The van der Waals surface area contributed by atoms with Gasteiger partial charge in [0.2, 0.25) is 11.8 Å². The SMILES string of the molecule is COC(=O)N[C@@H](C(=O)N1CCC[C@H]1C(=O)Cc1ccc2c3ccc(CC(=O)[C@@H]4CCCN4C(=O)[C@H](NC(C)=O)c4ccccc4)cc3n(CCCCCCCCCCN3CCN(C)CC3)c2c1)c1ccccc1. The topological polar surface area (TPSA) is 154 Å². The molecule has 73 heavy (non-hydrogen) atoms. The Labute approximate surface area is 430 Å². The standard InChI is InChI=1S/C59H75N7O7/c1-42(67)60-55(45-20-12-10-13-21-45)57(70)65-32-18-24-49(65)53(68)40-43-26-28-47-48-29-27-44(41-54(69)50-25-19-33-66(50)58(71)56(61-59(72)73-3)46-22-14-11-15-23-46)39-52(48)64(51(47)38-43)31-17-9-7-5-4-6-8-16-30-63-36-34-62(2)35-37-63/h10-15,20-23,26-29,38-39,49-50,55-56H,4-9,16-19,24-25,30-37,40-41H2,1-3H3,(H,60,67)(H,61,72)/t49-,50-,55+,56+/m0/s1. The number of piperazine rings is 1. The molecule has 4 heterocycles. The van der Waals surface area contributed by atoms with E-state index in [1.165, 1.54) is 65.8 Å². The van der Waals surface area contributed by atoms with Crippen LogP contribution in [-0.4, -0.2) is 132 Å². The molecular formula is C59H75N7O7. The van der Waals surface area contributed by atoms with Crippen LogP contribution in [0.3, 0.4) is 0 Å². The summed E-state index contributed by atoms with van der Waals surface area (Å²) in [6.45, 7) is 8.92. The van der Waals surface area contributed by atoms with Crippen LogP contribution in [0.1, 0.15) is 118 Å². The number of likely N-dealkylation sites (N-methyl/N-ethyl adjacent to an activating group) is 1. The smallest absolute Gasteiger partial charge is 0.407 e. The molecule has 2 N–H and O–H groups in total. The summed E-state index contributed by atoms with van der Waals surface area (Å²) < 4.78 is 7.22. The minimum Gasteiger partial charge on any atom is -0.453 e. The number of aryl methyl sites for hydroxylation is 1. The monoisotopic (exact) mass is 994 g/mol. The van der Waals surface area contributed by atoms with Crippen molar-refractivity contribution in [2.45, 2.75) is 128 Å². The van der Waals surface area contributed by atoms with Crippen molar-refractivity contribution in [2.75, 3.05) is 60.0 Å². The number of benzene rings is 4. The van der Waals surface area contributed by atoms with Crippen molar-refractivity contribution in [2.24, 2.45) is 0 Å². The Morgan fingerprint density at radius 3 is 1.48 bits per heavy atom. The van der Waals surface area contributed by atoms with Gasteiger partial charge in [-0.25, -0.2) is 4.79 Å². The average Bonchev–Trinajstić information content (AvgIpc) is 4.17. The Hall–Kier alpha value is -6.38. The van der Waals surface area contributed by atoms with Crippen molar-refractivity contribution in [1.82, 2.24) is 34.8 Å². The summed E-state index contributed by atoms with van der Waals surface area (Å²) in [5.74, 6) is -1.01. The first-order chi connectivity index (χ1) is 35.5. The number of carbonyl (C=O) groups is 6. The lowest BCUT2D eigenvalue weighted by Crippen LogP contribution is -2.47. The molecule has 1 aromatic heterocycles. The van der Waals surface area contributed by atoms with E-state index in [-0.39, 0.29) is 42.1 Å². The Bertz CT molecular complexity index is 2700. The fraction of sp³-hybridized carbons (Fsp3) is 0.492. The summed E-state index contributed by atoms with van der Waals surface area (Å²) in [6.07, 6.45) is 11.6. The molecule has 3 saturated heterocycles. The number of hydrogen-bond acceptors (Lipinski definition) is 9. The summed E-state index contributed by atoms with van der Waals surface area (Å²) >= 11 is 0. The zero-order valence-corrected chi connectivity index (χ0v) is 43.2. The van der Waals surface area contributed by atoms with E-state index < -0.39 is 30.3 Å². The van der Waals surface area contributed by atoms with Gasteiger partial charge < -0.3 is 39.5 Å². The van der Waals surface area contributed by atoms with Crippen LogP contribution in [-0.2, 0) is 48.1 Å². The predicted octanol–water partition coefficient (Wildman–Crippen LogP) is 8.34. The highest BCUT2D eigenvalue weighted by Gasteiger charge is 2.39. The number of ketones is 2. The number of fused-ring (bicyclic) bond motifs is 3. The number of aromatic nitrogens is 1. The molecule has 3 aliphatic rings. The van der Waals surface area contributed by atoms with Crippen LogP contribution in [0.5, 0.6) is 0 Å². The maximum Gasteiger partial charge on any atom is 0.407 e. The highest BCUT2D eigenvalue weighted by Crippen LogP contribution is 2.34. The number of ether oxygens (including phenoxy) is 1. The van der Waals surface area contributed by atoms with Gasteiger partial charge in [0.05, 0.1) is 19.2 Å². The summed E-state index contributed by atoms with van der Waals surface area (Å²) in [7, 11) is 3.46. The van der Waals surface area contributed by atoms with Crippen molar-refractivity contribution in [3.8, 4) is 0 Å². The zero-order valence-electron chi connectivity index (χ0n) is 43.2. The molecule has 0 aliphatic carbocycles. The molecule has 4 aromatic carbocycles. The molecule has 8 rings (SSSR count). The van der Waals surface area contributed by atoms with Crippen molar-refractivity contribution in [3.05, 3.63) is 119 Å². The number of alkyl carbamates (subject to hydrolysis) is 1. The fourth-order valence-corrected chi connectivity index (χ4v) is 11.3. The molecule has 3 aliphatic heterocycles. The number of Topliss-reactive ketones (excluding diaryl/α,β-unsaturated/α-hetero) is 2. The van der Waals surface area contributed by atoms with Crippen LogP contribution in [0, 0.1) is 0 Å². The minimum atomic E-state index is -0.992. The number of amides is 4. The van der Waals surface area contributed by atoms with Gasteiger partial charge in [0.1, 0.15) is 12.1 Å². The first-order valence-electron chi connectivity index (χ1n) is 26.8. The molecule has 14 heteroatoms. The van der Waals surface area contributed by atoms with Gasteiger partial charge in [-0.15, -0.1) is 0 Å². The molecule has 5 aromatic rings. The van der Waals surface area contributed by atoms with Crippen LogP contribution in [0.15, 0.2) is 97.1 Å². The fourth-order valence-electron chi connectivity index (χ4n) is 11.3. The third kappa shape index (κ3) is 13.4.